The Kier molecular flexibility index (Phi) is 8.01. The van der Waals surface area contributed by atoms with Gasteiger partial charge in [-0.25, -0.2) is 0 Å². The zero-order chi connectivity index (χ0) is 25.1. The van der Waals surface area contributed by atoms with Crippen molar-refractivity contribution in [1.29, 1.82) is 5.26 Å². The van der Waals surface area contributed by atoms with Crippen molar-refractivity contribution in [2.24, 2.45) is 4.99 Å². The molecular formula is C24H29F3N4O2S. The van der Waals surface area contributed by atoms with Crippen LogP contribution in [0.25, 0.3) is 0 Å². The molecule has 0 N–H and O–H groups in total. The van der Waals surface area contributed by atoms with Gasteiger partial charge in [-0.3, -0.25) is 9.69 Å². The number of aromatic nitrogens is 1. The summed E-state index contributed by atoms with van der Waals surface area (Å²) < 4.78 is 47.8. The molecule has 1 fully saturated rings. The smallest absolute Gasteiger partial charge is 0.376 e. The Hall–Kier alpha value is -2.48. The quantitative estimate of drug-likeness (QED) is 0.544. The van der Waals surface area contributed by atoms with Crippen LogP contribution < -0.4 is 4.80 Å². The molecule has 1 atom stereocenters. The molecule has 1 aliphatic rings. The van der Waals surface area contributed by atoms with Crippen molar-refractivity contribution in [2.45, 2.75) is 64.4 Å². The first-order valence-electron chi connectivity index (χ1n) is 11.1. The predicted molar refractivity (Wildman–Crippen MR) is 123 cm³/mol. The van der Waals surface area contributed by atoms with Gasteiger partial charge in [-0.2, -0.15) is 23.4 Å². The summed E-state index contributed by atoms with van der Waals surface area (Å²) in [7, 11) is 1.66. The number of thiazole rings is 1. The minimum absolute atomic E-state index is 0.0141. The molecule has 2 aromatic rings. The van der Waals surface area contributed by atoms with E-state index in [1.54, 1.807) is 11.9 Å². The van der Waals surface area contributed by atoms with Gasteiger partial charge in [-0.15, -0.1) is 11.3 Å². The summed E-state index contributed by atoms with van der Waals surface area (Å²) in [5.74, 6) is -0.741. The number of hydrogen-bond donors (Lipinski definition) is 0. The minimum Gasteiger partial charge on any atom is -0.376 e. The number of nitrogens with zero attached hydrogens (tertiary/aromatic N) is 4. The molecule has 10 heteroatoms. The number of carbonyl (C=O) groups excluding carboxylic acids is 1. The third-order valence-corrected chi connectivity index (χ3v) is 6.98. The zero-order valence-electron chi connectivity index (χ0n) is 19.8. The van der Waals surface area contributed by atoms with Crippen molar-refractivity contribution in [3.8, 4) is 6.07 Å². The van der Waals surface area contributed by atoms with E-state index in [1.807, 2.05) is 16.8 Å². The maximum Gasteiger partial charge on any atom is 0.416 e. The van der Waals surface area contributed by atoms with Gasteiger partial charge in [0.15, 0.2) is 4.80 Å². The molecule has 0 spiro atoms. The molecule has 6 nitrogen and oxygen atoms in total. The SMILES string of the molecule is CN(CC#N)Cc1ccc(C(F)(F)F)cc1C(=O)/N=c1\sc(C(C)(C)C)cn1C[C@H]1CCCO1. The number of benzene rings is 1. The highest BCUT2D eigenvalue weighted by Crippen LogP contribution is 2.31. The highest BCUT2D eigenvalue weighted by Gasteiger charge is 2.32. The lowest BCUT2D eigenvalue weighted by Gasteiger charge is -2.16. The van der Waals surface area contributed by atoms with Crippen LogP contribution in [0.3, 0.4) is 0 Å². The van der Waals surface area contributed by atoms with Crippen LogP contribution in [0, 0.1) is 11.3 Å². The fourth-order valence-electron chi connectivity index (χ4n) is 3.66. The van der Waals surface area contributed by atoms with E-state index in [9.17, 15) is 18.0 Å². The first kappa shape index (κ1) is 26.1. The van der Waals surface area contributed by atoms with Gasteiger partial charge in [0.1, 0.15) is 0 Å². The van der Waals surface area contributed by atoms with Gasteiger partial charge < -0.3 is 9.30 Å². The Labute approximate surface area is 201 Å². The molecule has 3 rings (SSSR count). The topological polar surface area (TPSA) is 70.6 Å². The van der Waals surface area contributed by atoms with Crippen LogP contribution in [0.15, 0.2) is 29.4 Å². The normalized spacial score (nSPS) is 17.4. The van der Waals surface area contributed by atoms with Gasteiger partial charge in [-0.1, -0.05) is 26.8 Å². The number of carbonyl (C=O) groups is 1. The predicted octanol–water partition coefficient (Wildman–Crippen LogP) is 4.74. The molecule has 0 saturated carbocycles. The molecule has 1 saturated heterocycles. The number of amides is 1. The van der Waals surface area contributed by atoms with Crippen LogP contribution >= 0.6 is 11.3 Å². The van der Waals surface area contributed by atoms with Gasteiger partial charge in [0, 0.05) is 29.8 Å². The van der Waals surface area contributed by atoms with Crippen LogP contribution in [-0.2, 0) is 29.4 Å². The van der Waals surface area contributed by atoms with Crippen molar-refractivity contribution >= 4 is 17.2 Å². The molecule has 2 heterocycles. The van der Waals surface area contributed by atoms with Crippen molar-refractivity contribution in [1.82, 2.24) is 9.47 Å². The van der Waals surface area contributed by atoms with Crippen LogP contribution in [-0.4, -0.2) is 41.7 Å². The van der Waals surface area contributed by atoms with E-state index in [4.69, 9.17) is 10.00 Å². The number of nitriles is 1. The second-order valence-electron chi connectivity index (χ2n) is 9.53. The number of alkyl halides is 3. The Balaban J connectivity index is 2.06. The van der Waals surface area contributed by atoms with Gasteiger partial charge in [0.05, 0.1) is 30.8 Å². The zero-order valence-corrected chi connectivity index (χ0v) is 20.6. The lowest BCUT2D eigenvalue weighted by atomic mass is 9.95. The molecule has 34 heavy (non-hydrogen) atoms. The number of rotatable bonds is 6. The molecular weight excluding hydrogens is 465 g/mol. The van der Waals surface area contributed by atoms with E-state index in [0.29, 0.717) is 23.5 Å². The van der Waals surface area contributed by atoms with Gasteiger partial charge in [0.2, 0.25) is 0 Å². The largest absolute Gasteiger partial charge is 0.416 e. The molecule has 1 aromatic carbocycles. The van der Waals surface area contributed by atoms with Crippen molar-refractivity contribution in [2.75, 3.05) is 20.2 Å². The first-order valence-corrected chi connectivity index (χ1v) is 11.9. The average molecular weight is 495 g/mol. The molecule has 184 valence electrons. The summed E-state index contributed by atoms with van der Waals surface area (Å²) in [4.78, 5) is 20.6. The van der Waals surface area contributed by atoms with Crippen LogP contribution in [0.1, 0.15) is 60.0 Å². The van der Waals surface area contributed by atoms with E-state index in [0.717, 1.165) is 29.9 Å². The fraction of sp³-hybridized carbons (Fsp3) is 0.542. The summed E-state index contributed by atoms with van der Waals surface area (Å²) in [6, 6.07) is 5.08. The maximum atomic E-state index is 13.4. The van der Waals surface area contributed by atoms with Crippen molar-refractivity contribution < 1.29 is 22.7 Å². The van der Waals surface area contributed by atoms with E-state index in [1.165, 1.54) is 17.4 Å². The second-order valence-corrected chi connectivity index (χ2v) is 10.5. The highest BCUT2D eigenvalue weighted by atomic mass is 32.1. The molecule has 1 amide bonds. The molecule has 0 unspecified atom stereocenters. The van der Waals surface area contributed by atoms with Gasteiger partial charge in [-0.05, 0) is 43.0 Å². The van der Waals surface area contributed by atoms with Crippen LogP contribution in [0.2, 0.25) is 0 Å². The lowest BCUT2D eigenvalue weighted by Crippen LogP contribution is -2.24. The summed E-state index contributed by atoms with van der Waals surface area (Å²) in [6.45, 7) is 7.60. The fourth-order valence-corrected chi connectivity index (χ4v) is 4.71. The summed E-state index contributed by atoms with van der Waals surface area (Å²) in [6.07, 6.45) is -0.749. The van der Waals surface area contributed by atoms with Crippen molar-refractivity contribution in [3.05, 3.63) is 50.8 Å². The van der Waals surface area contributed by atoms with Crippen LogP contribution in [0.5, 0.6) is 0 Å². The number of halogens is 3. The Morgan fingerprint density at radius 3 is 2.68 bits per heavy atom. The number of ether oxygens (including phenoxy) is 1. The highest BCUT2D eigenvalue weighted by molar-refractivity contribution is 7.09. The number of hydrogen-bond acceptors (Lipinski definition) is 5. The third-order valence-electron chi connectivity index (χ3n) is 5.53. The summed E-state index contributed by atoms with van der Waals surface area (Å²) >= 11 is 1.35. The van der Waals surface area contributed by atoms with Crippen LogP contribution in [0.4, 0.5) is 13.2 Å². The van der Waals surface area contributed by atoms with Crippen molar-refractivity contribution in [3.63, 3.8) is 0 Å². The Bertz CT molecular complexity index is 1130. The maximum absolute atomic E-state index is 13.4. The lowest BCUT2D eigenvalue weighted by molar-refractivity contribution is -0.137. The average Bonchev–Trinajstić information content (AvgIpc) is 3.38. The Morgan fingerprint density at radius 1 is 1.35 bits per heavy atom. The monoisotopic (exact) mass is 494 g/mol. The molecule has 1 aliphatic heterocycles. The standard InChI is InChI=1S/C24H29F3N4O2S/c1-23(2,3)20-15-31(14-18-6-5-11-33-18)22(34-20)29-21(32)19-12-17(24(25,26)27)8-7-16(19)13-30(4)10-9-28/h7-8,12,15,18H,5-6,10-11,13-14H2,1-4H3/b29-22-/t18-/m1/s1. The minimum atomic E-state index is -4.59. The van der Waals surface area contributed by atoms with E-state index in [-0.39, 0.29) is 30.2 Å². The summed E-state index contributed by atoms with van der Waals surface area (Å²) in [5, 5.41) is 8.92. The van der Waals surface area contributed by atoms with E-state index in [2.05, 4.69) is 25.8 Å². The van der Waals surface area contributed by atoms with E-state index >= 15 is 0 Å². The van der Waals surface area contributed by atoms with E-state index < -0.39 is 17.6 Å². The molecule has 0 bridgehead atoms. The second kappa shape index (κ2) is 10.4. The summed E-state index contributed by atoms with van der Waals surface area (Å²) in [5.41, 5.74) is -0.820. The molecule has 0 aliphatic carbocycles. The van der Waals surface area contributed by atoms with Gasteiger partial charge >= 0.3 is 6.18 Å². The van der Waals surface area contributed by atoms with Gasteiger partial charge in [0.25, 0.3) is 5.91 Å². The Morgan fingerprint density at radius 2 is 2.09 bits per heavy atom. The third kappa shape index (κ3) is 6.56. The molecule has 0 radical (unpaired) electrons. The first-order chi connectivity index (χ1) is 15.9. The molecule has 1 aromatic heterocycles.